The molecule has 1 N–H and O–H groups in total. The van der Waals surface area contributed by atoms with Crippen molar-refractivity contribution >= 4 is 21.5 Å². The summed E-state index contributed by atoms with van der Waals surface area (Å²) in [5, 5.41) is 14.1. The molecule has 0 aliphatic heterocycles. The van der Waals surface area contributed by atoms with Crippen LogP contribution in [0.2, 0.25) is 0 Å². The minimum absolute atomic E-state index is 0.0955. The maximum absolute atomic E-state index is 10.3. The molecule has 5 nitrogen and oxygen atoms in total. The van der Waals surface area contributed by atoms with Gasteiger partial charge in [-0.1, -0.05) is 0 Å². The van der Waals surface area contributed by atoms with Crippen molar-refractivity contribution in [1.29, 1.82) is 0 Å². The van der Waals surface area contributed by atoms with E-state index in [1.807, 2.05) is 0 Å². The van der Waals surface area contributed by atoms with Crippen LogP contribution >= 0.6 is 11.3 Å². The molecular formula is C6H7N3O2S. The van der Waals surface area contributed by atoms with Gasteiger partial charge in [0.15, 0.2) is 5.13 Å². The molecule has 1 aliphatic rings. The number of rotatable bonds is 3. The highest BCUT2D eigenvalue weighted by atomic mass is 32.1. The largest absolute Gasteiger partial charge is 0.359 e. The van der Waals surface area contributed by atoms with E-state index >= 15 is 0 Å². The fourth-order valence-electron chi connectivity index (χ4n) is 0.819. The summed E-state index contributed by atoms with van der Waals surface area (Å²) in [7, 11) is 0. The number of nitrogens with one attached hydrogen (secondary N) is 1. The minimum atomic E-state index is -0.421. The molecule has 0 aromatic carbocycles. The van der Waals surface area contributed by atoms with Crippen molar-refractivity contribution in [2.24, 2.45) is 0 Å². The Kier molecular flexibility index (Phi) is 1.69. The maximum atomic E-state index is 10.3. The van der Waals surface area contributed by atoms with Crippen molar-refractivity contribution in [3.05, 3.63) is 16.3 Å². The van der Waals surface area contributed by atoms with Crippen molar-refractivity contribution in [2.75, 3.05) is 5.32 Å². The first kappa shape index (κ1) is 7.48. The van der Waals surface area contributed by atoms with Gasteiger partial charge in [0.1, 0.15) is 6.20 Å². The second kappa shape index (κ2) is 2.71. The standard InChI is InChI=1S/C6H7N3O2S/c10-9(11)5-3-7-6(12-5)8-4-1-2-4/h3-4H,1-2H2,(H,7,8). The van der Waals surface area contributed by atoms with Gasteiger partial charge in [-0.2, -0.15) is 0 Å². The quantitative estimate of drug-likeness (QED) is 0.574. The van der Waals surface area contributed by atoms with Crippen molar-refractivity contribution < 1.29 is 4.92 Å². The average molecular weight is 185 g/mol. The van der Waals surface area contributed by atoms with Gasteiger partial charge in [-0.3, -0.25) is 10.1 Å². The SMILES string of the molecule is O=[N+]([O-])c1cnc(NC2CC2)s1. The van der Waals surface area contributed by atoms with E-state index in [1.165, 1.54) is 6.20 Å². The lowest BCUT2D eigenvalue weighted by molar-refractivity contribution is -0.380. The molecule has 1 aromatic rings. The molecule has 64 valence electrons. The molecule has 1 aromatic heterocycles. The highest BCUT2D eigenvalue weighted by Gasteiger charge is 2.23. The van der Waals surface area contributed by atoms with Crippen LogP contribution in [0.1, 0.15) is 12.8 Å². The topological polar surface area (TPSA) is 68.1 Å². The van der Waals surface area contributed by atoms with Crippen molar-refractivity contribution in [2.45, 2.75) is 18.9 Å². The van der Waals surface area contributed by atoms with Crippen LogP contribution in [0.15, 0.2) is 6.20 Å². The lowest BCUT2D eigenvalue weighted by Gasteiger charge is -1.94. The zero-order valence-electron chi connectivity index (χ0n) is 6.19. The molecule has 0 spiro atoms. The summed E-state index contributed by atoms with van der Waals surface area (Å²) in [4.78, 5) is 13.7. The second-order valence-corrected chi connectivity index (χ2v) is 3.69. The van der Waals surface area contributed by atoms with Gasteiger partial charge in [0, 0.05) is 6.04 Å². The van der Waals surface area contributed by atoms with Crippen molar-refractivity contribution in [3.8, 4) is 0 Å². The Balaban J connectivity index is 2.06. The van der Waals surface area contributed by atoms with Gasteiger partial charge in [-0.05, 0) is 24.2 Å². The van der Waals surface area contributed by atoms with E-state index in [-0.39, 0.29) is 5.00 Å². The molecule has 0 amide bonds. The summed E-state index contributed by atoms with van der Waals surface area (Å²) in [6, 6.07) is 0.496. The van der Waals surface area contributed by atoms with E-state index in [1.54, 1.807) is 0 Å². The summed E-state index contributed by atoms with van der Waals surface area (Å²) >= 11 is 1.09. The van der Waals surface area contributed by atoms with Crippen LogP contribution in [0.4, 0.5) is 10.1 Å². The van der Waals surface area contributed by atoms with E-state index in [4.69, 9.17) is 0 Å². The zero-order chi connectivity index (χ0) is 8.55. The Morgan fingerprint density at radius 1 is 1.75 bits per heavy atom. The van der Waals surface area contributed by atoms with Crippen LogP contribution in [-0.2, 0) is 0 Å². The first-order chi connectivity index (χ1) is 5.75. The Morgan fingerprint density at radius 2 is 2.50 bits per heavy atom. The van der Waals surface area contributed by atoms with Gasteiger partial charge in [-0.25, -0.2) is 4.98 Å². The molecule has 1 fully saturated rings. The Bertz CT molecular complexity index is 307. The average Bonchev–Trinajstić information content (AvgIpc) is 2.66. The molecule has 2 rings (SSSR count). The summed E-state index contributed by atoms with van der Waals surface area (Å²) in [5.41, 5.74) is 0. The predicted octanol–water partition coefficient (Wildman–Crippen LogP) is 1.63. The summed E-state index contributed by atoms with van der Waals surface area (Å²) in [5.74, 6) is 0. The molecule has 1 saturated carbocycles. The number of anilines is 1. The molecular weight excluding hydrogens is 178 g/mol. The molecule has 0 saturated heterocycles. The molecule has 12 heavy (non-hydrogen) atoms. The van der Waals surface area contributed by atoms with E-state index in [9.17, 15) is 10.1 Å². The van der Waals surface area contributed by atoms with Gasteiger partial charge in [0.25, 0.3) is 0 Å². The fraction of sp³-hybridized carbons (Fsp3) is 0.500. The number of nitro groups is 1. The lowest BCUT2D eigenvalue weighted by atomic mass is 10.7. The second-order valence-electron chi connectivity index (χ2n) is 2.68. The van der Waals surface area contributed by atoms with E-state index in [0.717, 1.165) is 24.2 Å². The van der Waals surface area contributed by atoms with Crippen LogP contribution in [0.5, 0.6) is 0 Å². The maximum Gasteiger partial charge on any atom is 0.345 e. The predicted molar refractivity (Wildman–Crippen MR) is 45.4 cm³/mol. The van der Waals surface area contributed by atoms with Crippen LogP contribution in [-0.4, -0.2) is 15.9 Å². The lowest BCUT2D eigenvalue weighted by Crippen LogP contribution is -1.98. The molecule has 0 radical (unpaired) electrons. The number of hydrogen-bond donors (Lipinski definition) is 1. The number of hydrogen-bond acceptors (Lipinski definition) is 5. The smallest absolute Gasteiger partial charge is 0.345 e. The Hall–Kier alpha value is -1.17. The van der Waals surface area contributed by atoms with E-state index < -0.39 is 4.92 Å². The van der Waals surface area contributed by atoms with Gasteiger partial charge in [0.05, 0.1) is 4.92 Å². The number of nitrogens with zero attached hydrogens (tertiary/aromatic N) is 2. The Morgan fingerprint density at radius 3 is 3.00 bits per heavy atom. The molecule has 0 unspecified atom stereocenters. The van der Waals surface area contributed by atoms with E-state index in [2.05, 4.69) is 10.3 Å². The first-order valence-corrected chi connectivity index (χ1v) is 4.44. The van der Waals surface area contributed by atoms with Gasteiger partial charge < -0.3 is 5.32 Å². The van der Waals surface area contributed by atoms with Crippen LogP contribution in [0.25, 0.3) is 0 Å². The minimum Gasteiger partial charge on any atom is -0.359 e. The van der Waals surface area contributed by atoms with Gasteiger partial charge in [0.2, 0.25) is 0 Å². The third-order valence-electron chi connectivity index (χ3n) is 1.58. The van der Waals surface area contributed by atoms with E-state index in [0.29, 0.717) is 11.2 Å². The summed E-state index contributed by atoms with van der Waals surface area (Å²) in [6.45, 7) is 0. The molecule has 0 bridgehead atoms. The third-order valence-corrected chi connectivity index (χ3v) is 2.46. The Labute approximate surface area is 72.6 Å². The fourth-order valence-corrected chi connectivity index (χ4v) is 1.53. The van der Waals surface area contributed by atoms with Gasteiger partial charge in [-0.15, -0.1) is 0 Å². The van der Waals surface area contributed by atoms with Crippen molar-refractivity contribution in [1.82, 2.24) is 4.98 Å². The molecule has 1 heterocycles. The normalized spacial score (nSPS) is 16.0. The first-order valence-electron chi connectivity index (χ1n) is 3.62. The van der Waals surface area contributed by atoms with Crippen LogP contribution in [0, 0.1) is 10.1 Å². The monoisotopic (exact) mass is 185 g/mol. The molecule has 6 heteroatoms. The molecule has 0 atom stereocenters. The van der Waals surface area contributed by atoms with Gasteiger partial charge >= 0.3 is 5.00 Å². The zero-order valence-corrected chi connectivity index (χ0v) is 7.00. The molecule has 1 aliphatic carbocycles. The van der Waals surface area contributed by atoms with Crippen LogP contribution in [0.3, 0.4) is 0 Å². The highest BCUT2D eigenvalue weighted by Crippen LogP contribution is 2.30. The third kappa shape index (κ3) is 1.53. The summed E-state index contributed by atoms with van der Waals surface area (Å²) < 4.78 is 0. The van der Waals surface area contributed by atoms with Crippen molar-refractivity contribution in [3.63, 3.8) is 0 Å². The highest BCUT2D eigenvalue weighted by molar-refractivity contribution is 7.18. The number of aromatic nitrogens is 1. The number of thiazole rings is 1. The van der Waals surface area contributed by atoms with Crippen LogP contribution < -0.4 is 5.32 Å². The summed E-state index contributed by atoms with van der Waals surface area (Å²) in [6.07, 6.45) is 3.58.